The Morgan fingerprint density at radius 2 is 2.15 bits per heavy atom. The van der Waals surface area contributed by atoms with Crippen molar-refractivity contribution in [3.63, 3.8) is 0 Å². The van der Waals surface area contributed by atoms with Crippen molar-refractivity contribution in [1.29, 1.82) is 0 Å². The highest BCUT2D eigenvalue weighted by molar-refractivity contribution is 5.98. The third-order valence-electron chi connectivity index (χ3n) is 3.24. The molecule has 1 aromatic carbocycles. The molecule has 1 saturated carbocycles. The molecular formula is C15H21N3O2. The van der Waals surface area contributed by atoms with E-state index in [-0.39, 0.29) is 11.8 Å². The van der Waals surface area contributed by atoms with Gasteiger partial charge in [-0.25, -0.2) is 0 Å². The molecule has 20 heavy (non-hydrogen) atoms. The Labute approximate surface area is 118 Å². The van der Waals surface area contributed by atoms with Crippen LogP contribution in [0.5, 0.6) is 0 Å². The van der Waals surface area contributed by atoms with Gasteiger partial charge in [-0.1, -0.05) is 19.4 Å². The van der Waals surface area contributed by atoms with Gasteiger partial charge in [0.1, 0.15) is 0 Å². The average molecular weight is 275 g/mol. The minimum Gasteiger partial charge on any atom is -0.349 e. The normalized spacial score (nSPS) is 15.5. The van der Waals surface area contributed by atoms with E-state index < -0.39 is 6.04 Å². The molecule has 1 atom stereocenters. The molecule has 2 rings (SSSR count). The summed E-state index contributed by atoms with van der Waals surface area (Å²) >= 11 is 0. The maximum absolute atomic E-state index is 11.9. The number of nitrogens with two attached hydrogens (primary N) is 1. The van der Waals surface area contributed by atoms with Gasteiger partial charge in [0, 0.05) is 17.3 Å². The summed E-state index contributed by atoms with van der Waals surface area (Å²) in [5, 5.41) is 5.66. The lowest BCUT2D eigenvalue weighted by atomic mass is 10.1. The van der Waals surface area contributed by atoms with Crippen molar-refractivity contribution in [1.82, 2.24) is 5.32 Å². The first kappa shape index (κ1) is 14.5. The molecule has 1 fully saturated rings. The zero-order valence-electron chi connectivity index (χ0n) is 11.7. The SMILES string of the molecule is CCC[C@@H](N)C(=O)Nc1cccc(C(=O)NC2CC2)c1. The van der Waals surface area contributed by atoms with Gasteiger partial charge in [-0.2, -0.15) is 0 Å². The first-order valence-corrected chi connectivity index (χ1v) is 7.07. The highest BCUT2D eigenvalue weighted by Crippen LogP contribution is 2.20. The van der Waals surface area contributed by atoms with Crippen LogP contribution in [-0.4, -0.2) is 23.9 Å². The van der Waals surface area contributed by atoms with Crippen LogP contribution in [-0.2, 0) is 4.79 Å². The monoisotopic (exact) mass is 275 g/mol. The Morgan fingerprint density at radius 1 is 1.40 bits per heavy atom. The third-order valence-corrected chi connectivity index (χ3v) is 3.24. The zero-order valence-corrected chi connectivity index (χ0v) is 11.7. The lowest BCUT2D eigenvalue weighted by Gasteiger charge is -2.12. The number of nitrogens with one attached hydrogen (secondary N) is 2. The lowest BCUT2D eigenvalue weighted by molar-refractivity contribution is -0.117. The van der Waals surface area contributed by atoms with Crippen LogP contribution in [0.2, 0.25) is 0 Å². The number of benzene rings is 1. The molecule has 0 heterocycles. The minimum absolute atomic E-state index is 0.0959. The van der Waals surface area contributed by atoms with Crippen LogP contribution in [0.25, 0.3) is 0 Å². The molecule has 5 nitrogen and oxygen atoms in total. The van der Waals surface area contributed by atoms with E-state index in [0.29, 0.717) is 23.7 Å². The molecule has 0 aromatic heterocycles. The molecule has 0 spiro atoms. The summed E-state index contributed by atoms with van der Waals surface area (Å²) in [5.74, 6) is -0.312. The zero-order chi connectivity index (χ0) is 14.5. The van der Waals surface area contributed by atoms with Crippen molar-refractivity contribution in [2.24, 2.45) is 5.73 Å². The van der Waals surface area contributed by atoms with Crippen molar-refractivity contribution >= 4 is 17.5 Å². The Kier molecular flexibility index (Phi) is 4.74. The van der Waals surface area contributed by atoms with Crippen LogP contribution < -0.4 is 16.4 Å². The smallest absolute Gasteiger partial charge is 0.251 e. The predicted molar refractivity (Wildman–Crippen MR) is 78.4 cm³/mol. The standard InChI is InChI=1S/C15H21N3O2/c1-2-4-13(16)15(20)18-12-6-3-5-10(9-12)14(19)17-11-7-8-11/h3,5-6,9,11,13H,2,4,7-8,16H2,1H3,(H,17,19)(H,18,20)/t13-/m1/s1. The maximum atomic E-state index is 11.9. The number of anilines is 1. The summed E-state index contributed by atoms with van der Waals surface area (Å²) < 4.78 is 0. The first-order valence-electron chi connectivity index (χ1n) is 7.07. The molecule has 108 valence electrons. The van der Waals surface area contributed by atoms with Crippen molar-refractivity contribution in [3.05, 3.63) is 29.8 Å². The Bertz CT molecular complexity index is 498. The maximum Gasteiger partial charge on any atom is 0.251 e. The van der Waals surface area contributed by atoms with Gasteiger partial charge < -0.3 is 16.4 Å². The molecule has 1 aliphatic rings. The molecule has 2 amide bonds. The van der Waals surface area contributed by atoms with Crippen LogP contribution in [0, 0.1) is 0 Å². The molecule has 0 bridgehead atoms. The second-order valence-corrected chi connectivity index (χ2v) is 5.21. The second kappa shape index (κ2) is 6.52. The van der Waals surface area contributed by atoms with Gasteiger partial charge in [-0.15, -0.1) is 0 Å². The molecule has 0 saturated heterocycles. The number of carbonyl (C=O) groups excluding carboxylic acids is 2. The van der Waals surface area contributed by atoms with E-state index in [2.05, 4.69) is 10.6 Å². The van der Waals surface area contributed by atoms with Crippen molar-refractivity contribution < 1.29 is 9.59 Å². The number of amides is 2. The molecule has 0 radical (unpaired) electrons. The Hall–Kier alpha value is -1.88. The van der Waals surface area contributed by atoms with Crippen LogP contribution in [0.4, 0.5) is 5.69 Å². The predicted octanol–water partition coefficient (Wildman–Crippen LogP) is 1.64. The van der Waals surface area contributed by atoms with E-state index in [9.17, 15) is 9.59 Å². The third kappa shape index (κ3) is 4.06. The summed E-state index contributed by atoms with van der Waals surface area (Å²) in [6.45, 7) is 1.98. The quantitative estimate of drug-likeness (QED) is 0.738. The Morgan fingerprint density at radius 3 is 2.80 bits per heavy atom. The Balaban J connectivity index is 1.98. The van der Waals surface area contributed by atoms with Gasteiger partial charge in [-0.3, -0.25) is 9.59 Å². The summed E-state index contributed by atoms with van der Waals surface area (Å²) in [7, 11) is 0. The van der Waals surface area contributed by atoms with Crippen LogP contribution >= 0.6 is 0 Å². The molecule has 5 heteroatoms. The topological polar surface area (TPSA) is 84.2 Å². The lowest BCUT2D eigenvalue weighted by Crippen LogP contribution is -2.35. The van der Waals surface area contributed by atoms with Crippen molar-refractivity contribution in [2.75, 3.05) is 5.32 Å². The minimum atomic E-state index is -0.510. The summed E-state index contributed by atoms with van der Waals surface area (Å²) in [6, 6.07) is 6.73. The van der Waals surface area contributed by atoms with Crippen LogP contribution in [0.3, 0.4) is 0 Å². The van der Waals surface area contributed by atoms with Gasteiger partial charge in [0.05, 0.1) is 6.04 Å². The highest BCUT2D eigenvalue weighted by atomic mass is 16.2. The van der Waals surface area contributed by atoms with E-state index in [0.717, 1.165) is 19.3 Å². The summed E-state index contributed by atoms with van der Waals surface area (Å²) in [4.78, 5) is 23.8. The van der Waals surface area contributed by atoms with E-state index in [1.165, 1.54) is 0 Å². The second-order valence-electron chi connectivity index (χ2n) is 5.21. The molecular weight excluding hydrogens is 254 g/mol. The number of hydrogen-bond acceptors (Lipinski definition) is 3. The molecule has 4 N–H and O–H groups in total. The van der Waals surface area contributed by atoms with Crippen molar-refractivity contribution in [3.8, 4) is 0 Å². The van der Waals surface area contributed by atoms with Crippen molar-refractivity contribution in [2.45, 2.75) is 44.7 Å². The van der Waals surface area contributed by atoms with Gasteiger partial charge in [0.15, 0.2) is 0 Å². The fraction of sp³-hybridized carbons (Fsp3) is 0.467. The van der Waals surface area contributed by atoms with Gasteiger partial charge in [0.2, 0.25) is 5.91 Å². The van der Waals surface area contributed by atoms with E-state index in [1.54, 1.807) is 24.3 Å². The fourth-order valence-electron chi connectivity index (χ4n) is 1.91. The van der Waals surface area contributed by atoms with Gasteiger partial charge in [-0.05, 0) is 37.5 Å². The van der Waals surface area contributed by atoms with E-state index >= 15 is 0 Å². The van der Waals surface area contributed by atoms with Crippen LogP contribution in [0.1, 0.15) is 43.0 Å². The first-order chi connectivity index (χ1) is 9.60. The molecule has 1 aromatic rings. The number of carbonyl (C=O) groups is 2. The fourth-order valence-corrected chi connectivity index (χ4v) is 1.91. The average Bonchev–Trinajstić information content (AvgIpc) is 3.23. The van der Waals surface area contributed by atoms with E-state index in [1.807, 2.05) is 6.92 Å². The summed E-state index contributed by atoms with van der Waals surface area (Å²) in [6.07, 6.45) is 3.61. The molecule has 1 aliphatic carbocycles. The van der Waals surface area contributed by atoms with E-state index in [4.69, 9.17) is 5.73 Å². The van der Waals surface area contributed by atoms with Gasteiger partial charge >= 0.3 is 0 Å². The molecule has 0 unspecified atom stereocenters. The number of hydrogen-bond donors (Lipinski definition) is 3. The molecule has 0 aliphatic heterocycles. The largest absolute Gasteiger partial charge is 0.349 e. The van der Waals surface area contributed by atoms with Crippen LogP contribution in [0.15, 0.2) is 24.3 Å². The highest BCUT2D eigenvalue weighted by Gasteiger charge is 2.23. The van der Waals surface area contributed by atoms with Gasteiger partial charge in [0.25, 0.3) is 5.91 Å². The number of rotatable bonds is 6. The summed E-state index contributed by atoms with van der Waals surface area (Å²) in [5.41, 5.74) is 6.91.